The fourth-order valence-electron chi connectivity index (χ4n) is 2.49. The molecule has 0 atom stereocenters. The molecule has 0 fully saturated rings. The molecule has 1 aliphatic heterocycles. The Bertz CT molecular complexity index is 877. The number of aromatic nitrogens is 3. The summed E-state index contributed by atoms with van der Waals surface area (Å²) in [5, 5.41) is 0. The number of nitrogens with zero attached hydrogens (tertiary/aromatic N) is 4. The van der Waals surface area contributed by atoms with Gasteiger partial charge in [0.15, 0.2) is 0 Å². The maximum absolute atomic E-state index is 12.3. The number of nitrogens with one attached hydrogen (secondary N) is 1. The summed E-state index contributed by atoms with van der Waals surface area (Å²) in [5.41, 5.74) is 1.56. The van der Waals surface area contributed by atoms with Gasteiger partial charge in [0.2, 0.25) is 0 Å². The normalized spacial score (nSPS) is 15.6. The van der Waals surface area contributed by atoms with Gasteiger partial charge in [-0.2, -0.15) is 17.0 Å². The molecular weight excluding hydrogens is 318 g/mol. The Morgan fingerprint density at radius 1 is 1.26 bits per heavy atom. The molecule has 23 heavy (non-hydrogen) atoms. The molecule has 3 rings (SSSR count). The molecule has 0 radical (unpaired) electrons. The van der Waals surface area contributed by atoms with Gasteiger partial charge in [-0.1, -0.05) is 0 Å². The molecule has 9 heteroatoms. The predicted octanol–water partition coefficient (Wildman–Crippen LogP) is -0.00360. The molecule has 2 aromatic heterocycles. The first-order valence-electron chi connectivity index (χ1n) is 7.09. The van der Waals surface area contributed by atoms with Gasteiger partial charge in [-0.15, -0.1) is 0 Å². The van der Waals surface area contributed by atoms with Crippen LogP contribution in [0.25, 0.3) is 11.4 Å². The van der Waals surface area contributed by atoms with Gasteiger partial charge in [0.25, 0.3) is 15.8 Å². The molecule has 0 bridgehead atoms. The maximum atomic E-state index is 12.3. The lowest BCUT2D eigenvalue weighted by Gasteiger charge is -2.29. The number of pyridine rings is 1. The Labute approximate surface area is 134 Å². The van der Waals surface area contributed by atoms with Gasteiger partial charge in [0.05, 0.1) is 12.2 Å². The van der Waals surface area contributed by atoms with E-state index < -0.39 is 10.2 Å². The highest BCUT2D eigenvalue weighted by Gasteiger charge is 2.30. The van der Waals surface area contributed by atoms with Gasteiger partial charge in [-0.25, -0.2) is 4.98 Å². The van der Waals surface area contributed by atoms with Crippen molar-refractivity contribution < 1.29 is 8.42 Å². The van der Waals surface area contributed by atoms with Crippen molar-refractivity contribution in [1.82, 2.24) is 23.6 Å². The second-order valence-corrected chi connectivity index (χ2v) is 7.59. The molecule has 0 spiro atoms. The van der Waals surface area contributed by atoms with E-state index >= 15 is 0 Å². The summed E-state index contributed by atoms with van der Waals surface area (Å²) in [4.78, 5) is 23.4. The molecule has 3 heterocycles. The fourth-order valence-corrected chi connectivity index (χ4v) is 3.56. The van der Waals surface area contributed by atoms with Gasteiger partial charge < -0.3 is 4.98 Å². The van der Waals surface area contributed by atoms with E-state index in [1.807, 2.05) is 0 Å². The standard InChI is InChI=1S/C14H17N5O3S/c1-18(2)23(21,22)19-8-5-11-12(9-19)16-13(17-14(11)20)10-3-6-15-7-4-10/h3-4,6-7H,5,8-9H2,1-2H3,(H,16,17,20). The largest absolute Gasteiger partial charge is 0.306 e. The smallest absolute Gasteiger partial charge is 0.281 e. The van der Waals surface area contributed by atoms with Crippen LogP contribution in [0.3, 0.4) is 0 Å². The Hall–Kier alpha value is -2.10. The van der Waals surface area contributed by atoms with Crippen LogP contribution in [-0.4, -0.2) is 52.6 Å². The third kappa shape index (κ3) is 2.90. The van der Waals surface area contributed by atoms with Crippen LogP contribution >= 0.6 is 0 Å². The van der Waals surface area contributed by atoms with Gasteiger partial charge >= 0.3 is 0 Å². The van der Waals surface area contributed by atoms with E-state index in [-0.39, 0.29) is 18.6 Å². The van der Waals surface area contributed by atoms with Gasteiger partial charge in [-0.3, -0.25) is 9.78 Å². The van der Waals surface area contributed by atoms with Crippen molar-refractivity contribution in [2.24, 2.45) is 0 Å². The number of hydrogen-bond acceptors (Lipinski definition) is 5. The summed E-state index contributed by atoms with van der Waals surface area (Å²) in [5.74, 6) is 0.417. The summed E-state index contributed by atoms with van der Waals surface area (Å²) in [6, 6.07) is 3.48. The van der Waals surface area contributed by atoms with Crippen molar-refractivity contribution in [2.75, 3.05) is 20.6 Å². The van der Waals surface area contributed by atoms with E-state index in [0.29, 0.717) is 23.5 Å². The monoisotopic (exact) mass is 335 g/mol. The highest BCUT2D eigenvalue weighted by molar-refractivity contribution is 7.86. The second kappa shape index (κ2) is 5.84. The first-order chi connectivity index (χ1) is 10.9. The van der Waals surface area contributed by atoms with Crippen molar-refractivity contribution in [1.29, 1.82) is 0 Å². The van der Waals surface area contributed by atoms with Crippen molar-refractivity contribution in [3.05, 3.63) is 46.1 Å². The number of hydrogen-bond donors (Lipinski definition) is 1. The van der Waals surface area contributed by atoms with Gasteiger partial charge in [0, 0.05) is 44.2 Å². The molecule has 0 saturated carbocycles. The topological polar surface area (TPSA) is 99.3 Å². The SMILES string of the molecule is CN(C)S(=O)(=O)N1CCc2c(nc(-c3ccncc3)[nH]c2=O)C1. The molecule has 0 amide bonds. The molecular formula is C14H17N5O3S. The average Bonchev–Trinajstić information content (AvgIpc) is 2.55. The minimum atomic E-state index is -3.53. The minimum absolute atomic E-state index is 0.0951. The predicted molar refractivity (Wildman–Crippen MR) is 84.8 cm³/mol. The Morgan fingerprint density at radius 2 is 1.96 bits per heavy atom. The van der Waals surface area contributed by atoms with Crippen LogP contribution in [0.5, 0.6) is 0 Å². The summed E-state index contributed by atoms with van der Waals surface area (Å²) < 4.78 is 27.0. The highest BCUT2D eigenvalue weighted by Crippen LogP contribution is 2.20. The quantitative estimate of drug-likeness (QED) is 0.851. The highest BCUT2D eigenvalue weighted by atomic mass is 32.2. The van der Waals surface area contributed by atoms with Crippen LogP contribution in [0, 0.1) is 0 Å². The van der Waals surface area contributed by atoms with E-state index in [0.717, 1.165) is 9.87 Å². The van der Waals surface area contributed by atoms with Crippen LogP contribution in [0.1, 0.15) is 11.3 Å². The van der Waals surface area contributed by atoms with E-state index in [2.05, 4.69) is 15.0 Å². The van der Waals surface area contributed by atoms with E-state index in [1.165, 1.54) is 18.4 Å². The van der Waals surface area contributed by atoms with Crippen LogP contribution in [0.2, 0.25) is 0 Å². The van der Waals surface area contributed by atoms with Gasteiger partial charge in [-0.05, 0) is 18.6 Å². The Balaban J connectivity index is 2.02. The maximum Gasteiger partial charge on any atom is 0.281 e. The second-order valence-electron chi connectivity index (χ2n) is 5.45. The summed E-state index contributed by atoms with van der Waals surface area (Å²) >= 11 is 0. The van der Waals surface area contributed by atoms with Crippen molar-refractivity contribution in [3.8, 4) is 11.4 Å². The number of aromatic amines is 1. The summed E-state index contributed by atoms with van der Waals surface area (Å²) in [6.07, 6.45) is 3.57. The van der Waals surface area contributed by atoms with Crippen LogP contribution in [-0.2, 0) is 23.2 Å². The van der Waals surface area contributed by atoms with Crippen LogP contribution in [0.15, 0.2) is 29.3 Å². The Kier molecular flexibility index (Phi) is 4.00. The Morgan fingerprint density at radius 3 is 2.61 bits per heavy atom. The van der Waals surface area contributed by atoms with Gasteiger partial charge in [0.1, 0.15) is 5.82 Å². The first-order valence-corrected chi connectivity index (χ1v) is 8.49. The molecule has 0 saturated heterocycles. The molecule has 1 aliphatic rings. The first kappa shape index (κ1) is 15.8. The van der Waals surface area contributed by atoms with Crippen LogP contribution in [0.4, 0.5) is 0 Å². The minimum Gasteiger partial charge on any atom is -0.306 e. The zero-order valence-corrected chi connectivity index (χ0v) is 13.7. The van der Waals surface area contributed by atoms with Crippen molar-refractivity contribution >= 4 is 10.2 Å². The van der Waals surface area contributed by atoms with Crippen LogP contribution < -0.4 is 5.56 Å². The molecule has 122 valence electrons. The van der Waals surface area contributed by atoms with E-state index in [1.54, 1.807) is 24.5 Å². The number of H-pyrrole nitrogens is 1. The average molecular weight is 335 g/mol. The van der Waals surface area contributed by atoms with Crippen molar-refractivity contribution in [2.45, 2.75) is 13.0 Å². The summed E-state index contributed by atoms with van der Waals surface area (Å²) in [7, 11) is -0.559. The number of fused-ring (bicyclic) bond motifs is 1. The zero-order chi connectivity index (χ0) is 16.6. The third-order valence-corrected chi connectivity index (χ3v) is 5.67. The lowest BCUT2D eigenvalue weighted by molar-refractivity contribution is 0.353. The lowest BCUT2D eigenvalue weighted by atomic mass is 10.1. The van der Waals surface area contributed by atoms with Crippen molar-refractivity contribution in [3.63, 3.8) is 0 Å². The zero-order valence-electron chi connectivity index (χ0n) is 12.9. The molecule has 0 aliphatic carbocycles. The fraction of sp³-hybridized carbons (Fsp3) is 0.357. The molecule has 1 N–H and O–H groups in total. The molecule has 0 aromatic carbocycles. The summed E-state index contributed by atoms with van der Waals surface area (Å²) in [6.45, 7) is 0.366. The lowest BCUT2D eigenvalue weighted by Crippen LogP contribution is -2.44. The molecule has 8 nitrogen and oxygen atoms in total. The number of rotatable bonds is 3. The van der Waals surface area contributed by atoms with E-state index in [9.17, 15) is 13.2 Å². The third-order valence-electron chi connectivity index (χ3n) is 3.78. The van der Waals surface area contributed by atoms with E-state index in [4.69, 9.17) is 0 Å². The molecule has 0 unspecified atom stereocenters. The molecule has 2 aromatic rings.